The second-order valence-corrected chi connectivity index (χ2v) is 6.68. The van der Waals surface area contributed by atoms with Crippen molar-refractivity contribution in [3.05, 3.63) is 29.3 Å². The van der Waals surface area contributed by atoms with E-state index < -0.39 is 0 Å². The molecule has 6 heteroatoms. The molecule has 1 N–H and O–H groups in total. The number of benzene rings is 1. The Bertz CT molecular complexity index is 686. The number of fused-ring (bicyclic) bond motifs is 1. The highest BCUT2D eigenvalue weighted by Gasteiger charge is 2.35. The third kappa shape index (κ3) is 4.00. The lowest BCUT2D eigenvalue weighted by Crippen LogP contribution is -2.33. The summed E-state index contributed by atoms with van der Waals surface area (Å²) in [5.41, 5.74) is 3.59. The van der Waals surface area contributed by atoms with Crippen LogP contribution in [-0.2, 0) is 32.0 Å². The summed E-state index contributed by atoms with van der Waals surface area (Å²) in [5.74, 6) is -0.749. The molecule has 1 heterocycles. The molecule has 2 amide bonds. The maximum Gasteiger partial charge on any atom is 0.305 e. The number of hydrogen-bond donors (Lipinski definition) is 1. The molecular weight excluding hydrogens is 320 g/mol. The lowest BCUT2D eigenvalue weighted by atomic mass is 10.1. The molecule has 1 fully saturated rings. The van der Waals surface area contributed by atoms with Crippen LogP contribution in [0.4, 0.5) is 5.69 Å². The second-order valence-electron chi connectivity index (χ2n) is 6.68. The number of methoxy groups -OCH3 is 1. The van der Waals surface area contributed by atoms with Crippen LogP contribution in [-0.4, -0.2) is 38.0 Å². The van der Waals surface area contributed by atoms with Gasteiger partial charge in [-0.2, -0.15) is 0 Å². The van der Waals surface area contributed by atoms with Crippen molar-refractivity contribution in [1.29, 1.82) is 0 Å². The molecule has 1 aliphatic heterocycles. The van der Waals surface area contributed by atoms with Crippen LogP contribution in [0.15, 0.2) is 18.2 Å². The Kier molecular flexibility index (Phi) is 5.36. The largest absolute Gasteiger partial charge is 0.469 e. The fourth-order valence-corrected chi connectivity index (χ4v) is 3.55. The highest BCUT2D eigenvalue weighted by Crippen LogP contribution is 2.30. The number of anilines is 1. The Hall–Kier alpha value is -2.37. The minimum atomic E-state index is -0.334. The van der Waals surface area contributed by atoms with Gasteiger partial charge in [0.1, 0.15) is 0 Å². The van der Waals surface area contributed by atoms with E-state index in [-0.39, 0.29) is 36.5 Å². The van der Waals surface area contributed by atoms with Crippen molar-refractivity contribution in [1.82, 2.24) is 5.32 Å². The zero-order valence-corrected chi connectivity index (χ0v) is 14.5. The van der Waals surface area contributed by atoms with Crippen LogP contribution >= 0.6 is 0 Å². The highest BCUT2D eigenvalue weighted by atomic mass is 16.5. The first kappa shape index (κ1) is 17.5. The number of hydrogen-bond acceptors (Lipinski definition) is 4. The number of aryl methyl sites for hydroxylation is 2. The molecule has 1 aromatic rings. The lowest BCUT2D eigenvalue weighted by Gasteiger charge is -2.18. The van der Waals surface area contributed by atoms with E-state index in [9.17, 15) is 14.4 Å². The second kappa shape index (κ2) is 7.68. The molecule has 134 valence electrons. The van der Waals surface area contributed by atoms with Gasteiger partial charge in [0.25, 0.3) is 0 Å². The van der Waals surface area contributed by atoms with Crippen molar-refractivity contribution < 1.29 is 19.1 Å². The summed E-state index contributed by atoms with van der Waals surface area (Å²) in [5, 5.41) is 2.81. The first-order chi connectivity index (χ1) is 12.1. The van der Waals surface area contributed by atoms with Crippen molar-refractivity contribution in [2.45, 2.75) is 38.5 Å². The van der Waals surface area contributed by atoms with Gasteiger partial charge in [0.2, 0.25) is 11.8 Å². The Morgan fingerprint density at radius 2 is 2.08 bits per heavy atom. The molecular formula is C19H24N2O4. The topological polar surface area (TPSA) is 75.7 Å². The van der Waals surface area contributed by atoms with Gasteiger partial charge in [0.05, 0.1) is 13.0 Å². The third-order valence-electron chi connectivity index (χ3n) is 4.97. The standard InChI is InChI=1S/C19H24N2O4/c1-25-18(23)6-3-9-20-19(24)15-11-17(22)21(12-15)16-8-7-13-4-2-5-14(13)10-16/h7-8,10,15H,2-6,9,11-12H2,1H3,(H,20,24)/t15-/m1/s1. The van der Waals surface area contributed by atoms with Crippen molar-refractivity contribution >= 4 is 23.5 Å². The SMILES string of the molecule is COC(=O)CCCNC(=O)[C@@H]1CC(=O)N(c2ccc3c(c2)CCC3)C1. The smallest absolute Gasteiger partial charge is 0.305 e. The molecule has 0 aromatic heterocycles. The van der Waals surface area contributed by atoms with Gasteiger partial charge in [-0.3, -0.25) is 14.4 Å². The van der Waals surface area contributed by atoms with Crippen LogP contribution in [0.2, 0.25) is 0 Å². The molecule has 0 unspecified atom stereocenters. The maximum atomic E-state index is 12.3. The van der Waals surface area contributed by atoms with E-state index in [1.54, 1.807) is 4.90 Å². The average Bonchev–Trinajstić information content (AvgIpc) is 3.23. The Balaban J connectivity index is 1.53. The fourth-order valence-electron chi connectivity index (χ4n) is 3.55. The molecule has 1 aromatic carbocycles. The number of rotatable bonds is 6. The predicted octanol–water partition coefficient (Wildman–Crippen LogP) is 1.60. The number of nitrogens with zero attached hydrogens (tertiary/aromatic N) is 1. The number of carbonyl (C=O) groups is 3. The van der Waals surface area contributed by atoms with Crippen molar-refractivity contribution in [2.75, 3.05) is 25.1 Å². The molecule has 25 heavy (non-hydrogen) atoms. The van der Waals surface area contributed by atoms with Crippen molar-refractivity contribution in [2.24, 2.45) is 5.92 Å². The summed E-state index contributed by atoms with van der Waals surface area (Å²) < 4.78 is 4.56. The first-order valence-electron chi connectivity index (χ1n) is 8.85. The number of esters is 1. The quantitative estimate of drug-likeness (QED) is 0.628. The van der Waals surface area contributed by atoms with E-state index >= 15 is 0 Å². The van der Waals surface area contributed by atoms with Gasteiger partial charge in [-0.15, -0.1) is 0 Å². The molecule has 1 atom stereocenters. The van der Waals surface area contributed by atoms with Crippen molar-refractivity contribution in [3.63, 3.8) is 0 Å². The van der Waals surface area contributed by atoms with Gasteiger partial charge in [-0.05, 0) is 48.9 Å². The minimum Gasteiger partial charge on any atom is -0.469 e. The molecule has 3 rings (SSSR count). The molecule has 0 spiro atoms. The van der Waals surface area contributed by atoms with Gasteiger partial charge >= 0.3 is 5.97 Å². The van der Waals surface area contributed by atoms with Crippen LogP contribution in [0.3, 0.4) is 0 Å². The third-order valence-corrected chi connectivity index (χ3v) is 4.97. The number of nitrogens with one attached hydrogen (secondary N) is 1. The fraction of sp³-hybridized carbons (Fsp3) is 0.526. The zero-order chi connectivity index (χ0) is 17.8. The molecule has 0 saturated carbocycles. The molecule has 0 bridgehead atoms. The molecule has 0 radical (unpaired) electrons. The molecule has 1 aliphatic carbocycles. The Morgan fingerprint density at radius 1 is 1.28 bits per heavy atom. The summed E-state index contributed by atoms with van der Waals surface area (Å²) in [6, 6.07) is 6.18. The lowest BCUT2D eigenvalue weighted by molar-refractivity contribution is -0.140. The van der Waals surface area contributed by atoms with E-state index in [0.717, 1.165) is 18.5 Å². The zero-order valence-electron chi connectivity index (χ0n) is 14.5. The number of ether oxygens (including phenoxy) is 1. The molecule has 1 saturated heterocycles. The summed E-state index contributed by atoms with van der Waals surface area (Å²) >= 11 is 0. The van der Waals surface area contributed by atoms with Gasteiger partial charge < -0.3 is 15.0 Å². The monoisotopic (exact) mass is 344 g/mol. The van der Waals surface area contributed by atoms with E-state index in [1.165, 1.54) is 24.7 Å². The van der Waals surface area contributed by atoms with Gasteiger partial charge in [0.15, 0.2) is 0 Å². The van der Waals surface area contributed by atoms with Gasteiger partial charge in [-0.1, -0.05) is 6.07 Å². The summed E-state index contributed by atoms with van der Waals surface area (Å²) in [6.45, 7) is 0.831. The number of amides is 2. The van der Waals surface area contributed by atoms with E-state index in [4.69, 9.17) is 0 Å². The van der Waals surface area contributed by atoms with Crippen molar-refractivity contribution in [3.8, 4) is 0 Å². The summed E-state index contributed by atoms with van der Waals surface area (Å²) in [4.78, 5) is 37.4. The van der Waals surface area contributed by atoms with Gasteiger partial charge in [0, 0.05) is 31.6 Å². The Morgan fingerprint density at radius 3 is 2.88 bits per heavy atom. The predicted molar refractivity (Wildman–Crippen MR) is 93.2 cm³/mol. The summed E-state index contributed by atoms with van der Waals surface area (Å²) in [6.07, 6.45) is 4.40. The summed E-state index contributed by atoms with van der Waals surface area (Å²) in [7, 11) is 1.35. The van der Waals surface area contributed by atoms with Crippen LogP contribution in [0.5, 0.6) is 0 Å². The number of carbonyl (C=O) groups excluding carboxylic acids is 3. The van der Waals surface area contributed by atoms with E-state index in [1.807, 2.05) is 6.07 Å². The minimum absolute atomic E-state index is 0.00680. The van der Waals surface area contributed by atoms with Crippen LogP contribution in [0.25, 0.3) is 0 Å². The maximum absolute atomic E-state index is 12.3. The van der Waals surface area contributed by atoms with Crippen LogP contribution < -0.4 is 10.2 Å². The van der Waals surface area contributed by atoms with E-state index in [0.29, 0.717) is 19.5 Å². The van der Waals surface area contributed by atoms with Crippen LogP contribution in [0, 0.1) is 5.92 Å². The highest BCUT2D eigenvalue weighted by molar-refractivity contribution is 6.00. The Labute approximate surface area is 147 Å². The van der Waals surface area contributed by atoms with Crippen LogP contribution in [0.1, 0.15) is 36.8 Å². The molecule has 6 nitrogen and oxygen atoms in total. The normalized spacial score (nSPS) is 19.0. The van der Waals surface area contributed by atoms with Gasteiger partial charge in [-0.25, -0.2) is 0 Å². The first-order valence-corrected chi connectivity index (χ1v) is 8.85. The molecule has 2 aliphatic rings. The van der Waals surface area contributed by atoms with E-state index in [2.05, 4.69) is 22.2 Å². The average molecular weight is 344 g/mol.